The first kappa shape index (κ1) is 8.97. The van der Waals surface area contributed by atoms with Gasteiger partial charge in [-0.3, -0.25) is 0 Å². The molecule has 0 bridgehead atoms. The molecular weight excluding hydrogens is 176 g/mol. The van der Waals surface area contributed by atoms with Crippen LogP contribution in [0.1, 0.15) is 11.3 Å². The normalized spacial score (nSPS) is 10.4. The van der Waals surface area contributed by atoms with Gasteiger partial charge in [0.15, 0.2) is 5.76 Å². The molecule has 1 heterocycles. The zero-order valence-corrected chi connectivity index (χ0v) is 8.03. The average Bonchev–Trinajstić information content (AvgIpc) is 2.67. The molecule has 3 nitrogen and oxygen atoms in total. The quantitative estimate of drug-likeness (QED) is 0.785. The summed E-state index contributed by atoms with van der Waals surface area (Å²) in [5.74, 6) is 0.709. The van der Waals surface area contributed by atoms with Gasteiger partial charge >= 0.3 is 0 Å². The maximum atomic E-state index is 5.43. The fourth-order valence-corrected chi connectivity index (χ4v) is 1.27. The SMILES string of the molecule is Cc1ccc(-c2cc(CN)on2)cc1. The Labute approximate surface area is 82.5 Å². The van der Waals surface area contributed by atoms with Gasteiger partial charge in [-0.15, -0.1) is 0 Å². The van der Waals surface area contributed by atoms with Crippen LogP contribution in [0.3, 0.4) is 0 Å². The number of nitrogens with zero attached hydrogens (tertiary/aromatic N) is 1. The second kappa shape index (κ2) is 3.64. The fourth-order valence-electron chi connectivity index (χ4n) is 1.27. The van der Waals surface area contributed by atoms with Crippen LogP contribution in [0.15, 0.2) is 34.9 Å². The van der Waals surface area contributed by atoms with Crippen molar-refractivity contribution in [3.63, 3.8) is 0 Å². The maximum Gasteiger partial charge on any atom is 0.150 e. The minimum Gasteiger partial charge on any atom is -0.359 e. The highest BCUT2D eigenvalue weighted by molar-refractivity contribution is 5.59. The molecule has 0 aliphatic rings. The van der Waals surface area contributed by atoms with E-state index in [0.717, 1.165) is 11.3 Å². The molecule has 1 aromatic carbocycles. The van der Waals surface area contributed by atoms with Crippen LogP contribution in [-0.2, 0) is 6.54 Å². The monoisotopic (exact) mass is 188 g/mol. The van der Waals surface area contributed by atoms with E-state index in [0.29, 0.717) is 12.3 Å². The lowest BCUT2D eigenvalue weighted by Crippen LogP contribution is -1.92. The summed E-state index contributed by atoms with van der Waals surface area (Å²) in [6.07, 6.45) is 0. The molecule has 0 fully saturated rings. The topological polar surface area (TPSA) is 52.0 Å². The molecule has 0 radical (unpaired) electrons. The van der Waals surface area contributed by atoms with Crippen LogP contribution < -0.4 is 5.73 Å². The van der Waals surface area contributed by atoms with E-state index in [9.17, 15) is 0 Å². The van der Waals surface area contributed by atoms with E-state index in [2.05, 4.69) is 12.1 Å². The van der Waals surface area contributed by atoms with Crippen LogP contribution >= 0.6 is 0 Å². The molecule has 0 saturated heterocycles. The molecule has 0 aliphatic heterocycles. The third kappa shape index (κ3) is 1.67. The Morgan fingerprint density at radius 2 is 2.00 bits per heavy atom. The molecule has 0 amide bonds. The maximum absolute atomic E-state index is 5.43. The van der Waals surface area contributed by atoms with Crippen molar-refractivity contribution in [1.82, 2.24) is 5.16 Å². The number of benzene rings is 1. The van der Waals surface area contributed by atoms with Gasteiger partial charge in [0.05, 0.1) is 6.54 Å². The number of rotatable bonds is 2. The van der Waals surface area contributed by atoms with E-state index in [1.54, 1.807) is 0 Å². The molecule has 0 aliphatic carbocycles. The van der Waals surface area contributed by atoms with Gasteiger partial charge in [-0.25, -0.2) is 0 Å². The number of hydrogen-bond donors (Lipinski definition) is 1. The Kier molecular flexibility index (Phi) is 2.33. The van der Waals surface area contributed by atoms with E-state index >= 15 is 0 Å². The van der Waals surface area contributed by atoms with Crippen molar-refractivity contribution in [3.05, 3.63) is 41.7 Å². The second-order valence-electron chi connectivity index (χ2n) is 3.25. The summed E-state index contributed by atoms with van der Waals surface area (Å²) in [7, 11) is 0. The summed E-state index contributed by atoms with van der Waals surface area (Å²) in [4.78, 5) is 0. The van der Waals surface area contributed by atoms with Crippen molar-refractivity contribution in [2.75, 3.05) is 0 Å². The van der Waals surface area contributed by atoms with Gasteiger partial charge in [-0.1, -0.05) is 35.0 Å². The van der Waals surface area contributed by atoms with Gasteiger partial charge in [0.2, 0.25) is 0 Å². The third-order valence-electron chi connectivity index (χ3n) is 2.11. The van der Waals surface area contributed by atoms with Crippen LogP contribution in [0, 0.1) is 6.92 Å². The van der Waals surface area contributed by atoms with Crippen LogP contribution in [0.5, 0.6) is 0 Å². The first-order valence-corrected chi connectivity index (χ1v) is 4.52. The molecule has 0 atom stereocenters. The van der Waals surface area contributed by atoms with Gasteiger partial charge in [0, 0.05) is 11.6 Å². The Balaban J connectivity index is 2.34. The lowest BCUT2D eigenvalue weighted by molar-refractivity contribution is 0.387. The predicted molar refractivity (Wildman–Crippen MR) is 54.6 cm³/mol. The number of hydrogen-bond acceptors (Lipinski definition) is 3. The van der Waals surface area contributed by atoms with E-state index < -0.39 is 0 Å². The van der Waals surface area contributed by atoms with E-state index in [1.165, 1.54) is 5.56 Å². The standard InChI is InChI=1S/C11H12N2O/c1-8-2-4-9(5-3-8)11-6-10(7-12)14-13-11/h2-6H,7,12H2,1H3. The molecule has 2 N–H and O–H groups in total. The minimum atomic E-state index is 0.388. The summed E-state index contributed by atoms with van der Waals surface area (Å²) < 4.78 is 5.02. The predicted octanol–water partition coefficient (Wildman–Crippen LogP) is 2.11. The van der Waals surface area contributed by atoms with Gasteiger partial charge < -0.3 is 10.3 Å². The smallest absolute Gasteiger partial charge is 0.150 e. The summed E-state index contributed by atoms with van der Waals surface area (Å²) in [5, 5.41) is 3.93. The molecule has 1 aromatic heterocycles. The Bertz CT molecular complexity index is 417. The molecule has 2 aromatic rings. The van der Waals surface area contributed by atoms with Crippen molar-refractivity contribution in [3.8, 4) is 11.3 Å². The molecule has 0 spiro atoms. The molecule has 0 saturated carbocycles. The number of nitrogens with two attached hydrogens (primary N) is 1. The first-order valence-electron chi connectivity index (χ1n) is 4.52. The van der Waals surface area contributed by atoms with E-state index in [-0.39, 0.29) is 0 Å². The van der Waals surface area contributed by atoms with Gasteiger partial charge in [-0.2, -0.15) is 0 Å². The molecule has 0 unspecified atom stereocenters. The Hall–Kier alpha value is -1.61. The van der Waals surface area contributed by atoms with Gasteiger partial charge in [0.1, 0.15) is 5.69 Å². The second-order valence-corrected chi connectivity index (χ2v) is 3.25. The van der Waals surface area contributed by atoms with Gasteiger partial charge in [-0.05, 0) is 6.92 Å². The van der Waals surface area contributed by atoms with Crippen molar-refractivity contribution in [2.24, 2.45) is 5.73 Å². The lowest BCUT2D eigenvalue weighted by atomic mass is 10.1. The molecule has 14 heavy (non-hydrogen) atoms. The number of aromatic nitrogens is 1. The first-order chi connectivity index (χ1) is 6.79. The highest BCUT2D eigenvalue weighted by Gasteiger charge is 2.04. The van der Waals surface area contributed by atoms with E-state index in [4.69, 9.17) is 10.3 Å². The third-order valence-corrected chi connectivity index (χ3v) is 2.11. The Morgan fingerprint density at radius 1 is 1.29 bits per heavy atom. The molecule has 72 valence electrons. The van der Waals surface area contributed by atoms with Gasteiger partial charge in [0.25, 0.3) is 0 Å². The zero-order chi connectivity index (χ0) is 9.97. The summed E-state index contributed by atoms with van der Waals surface area (Å²) in [6.45, 7) is 2.44. The summed E-state index contributed by atoms with van der Waals surface area (Å²) in [5.41, 5.74) is 8.56. The minimum absolute atomic E-state index is 0.388. The van der Waals surface area contributed by atoms with Crippen LogP contribution in [0.2, 0.25) is 0 Å². The van der Waals surface area contributed by atoms with Crippen LogP contribution in [-0.4, -0.2) is 5.16 Å². The van der Waals surface area contributed by atoms with Crippen LogP contribution in [0.4, 0.5) is 0 Å². The van der Waals surface area contributed by atoms with Crippen molar-refractivity contribution in [1.29, 1.82) is 0 Å². The molecule has 3 heteroatoms. The largest absolute Gasteiger partial charge is 0.359 e. The van der Waals surface area contributed by atoms with Crippen molar-refractivity contribution < 1.29 is 4.52 Å². The average molecular weight is 188 g/mol. The van der Waals surface area contributed by atoms with E-state index in [1.807, 2.05) is 30.3 Å². The number of aryl methyl sites for hydroxylation is 1. The highest BCUT2D eigenvalue weighted by atomic mass is 16.5. The fraction of sp³-hybridized carbons (Fsp3) is 0.182. The molecule has 2 rings (SSSR count). The highest BCUT2D eigenvalue weighted by Crippen LogP contribution is 2.19. The summed E-state index contributed by atoms with van der Waals surface area (Å²) in [6, 6.07) is 10.0. The van der Waals surface area contributed by atoms with Crippen molar-refractivity contribution >= 4 is 0 Å². The lowest BCUT2D eigenvalue weighted by Gasteiger charge is -1.95. The zero-order valence-electron chi connectivity index (χ0n) is 8.03. The Morgan fingerprint density at radius 3 is 2.57 bits per heavy atom. The molecular formula is C11H12N2O. The van der Waals surface area contributed by atoms with Crippen LogP contribution in [0.25, 0.3) is 11.3 Å². The van der Waals surface area contributed by atoms with Crippen molar-refractivity contribution in [2.45, 2.75) is 13.5 Å². The summed E-state index contributed by atoms with van der Waals surface area (Å²) >= 11 is 0.